The number of hydrogen-bond donors (Lipinski definition) is 1. The molecule has 2 amide bonds. The average molecular weight is 284 g/mol. The third-order valence-corrected chi connectivity index (χ3v) is 4.13. The maximum atomic E-state index is 12.7. The van der Waals surface area contributed by atoms with Gasteiger partial charge in [-0.25, -0.2) is 0 Å². The van der Waals surface area contributed by atoms with E-state index in [2.05, 4.69) is 5.32 Å². The predicted octanol–water partition coefficient (Wildman–Crippen LogP) is 1.71. The lowest BCUT2D eigenvalue weighted by Gasteiger charge is -2.45. The molecule has 1 fully saturated rings. The van der Waals surface area contributed by atoms with Crippen LogP contribution in [0.15, 0.2) is 0 Å². The number of rotatable bonds is 8. The fraction of sp³-hybridized carbons (Fsp3) is 0.867. The van der Waals surface area contributed by atoms with Crippen LogP contribution in [0.2, 0.25) is 0 Å². The zero-order chi connectivity index (χ0) is 15.2. The number of hydrogen-bond acceptors (Lipinski definition) is 3. The topological polar surface area (TPSA) is 58.6 Å². The molecule has 0 bridgehead atoms. The molecule has 1 saturated heterocycles. The summed E-state index contributed by atoms with van der Waals surface area (Å²) >= 11 is 0. The Morgan fingerprint density at radius 1 is 1.15 bits per heavy atom. The summed E-state index contributed by atoms with van der Waals surface area (Å²) in [6.45, 7) is 9.55. The summed E-state index contributed by atoms with van der Waals surface area (Å²) in [6, 6.07) is -0.362. The molecule has 1 rings (SSSR count). The Hall–Kier alpha value is -1.10. The second-order valence-corrected chi connectivity index (χ2v) is 5.31. The number of piperazine rings is 1. The number of carbonyl (C=O) groups excluding carboxylic acids is 2. The molecule has 116 valence electrons. The second-order valence-electron chi connectivity index (χ2n) is 5.31. The van der Waals surface area contributed by atoms with Gasteiger partial charge in [-0.3, -0.25) is 9.59 Å². The Balaban J connectivity index is 2.83. The Labute approximate surface area is 122 Å². The van der Waals surface area contributed by atoms with Crippen molar-refractivity contribution in [2.75, 3.05) is 19.8 Å². The first-order valence-corrected chi connectivity index (χ1v) is 7.77. The summed E-state index contributed by atoms with van der Waals surface area (Å²) in [4.78, 5) is 26.7. The van der Waals surface area contributed by atoms with Crippen molar-refractivity contribution in [3.05, 3.63) is 0 Å². The average Bonchev–Trinajstić information content (AvgIpc) is 2.46. The van der Waals surface area contributed by atoms with Gasteiger partial charge in [0.25, 0.3) is 0 Å². The summed E-state index contributed by atoms with van der Waals surface area (Å²) in [5.41, 5.74) is -0.729. The zero-order valence-corrected chi connectivity index (χ0v) is 13.2. The molecule has 1 N–H and O–H groups in total. The number of amides is 2. The van der Waals surface area contributed by atoms with Gasteiger partial charge in [0.15, 0.2) is 0 Å². The maximum Gasteiger partial charge on any atom is 0.249 e. The summed E-state index contributed by atoms with van der Waals surface area (Å²) in [6.07, 6.45) is 2.84. The van der Waals surface area contributed by atoms with Gasteiger partial charge >= 0.3 is 0 Å². The smallest absolute Gasteiger partial charge is 0.249 e. The van der Waals surface area contributed by atoms with Gasteiger partial charge in [0.1, 0.15) is 11.6 Å². The molecule has 0 aromatic heterocycles. The van der Waals surface area contributed by atoms with Crippen LogP contribution in [0, 0.1) is 0 Å². The molecule has 1 atom stereocenters. The number of carbonyl (C=O) groups is 2. The molecular weight excluding hydrogens is 256 g/mol. The van der Waals surface area contributed by atoms with Crippen molar-refractivity contribution in [3.63, 3.8) is 0 Å². The molecule has 1 aliphatic rings. The number of ether oxygens (including phenoxy) is 1. The third kappa shape index (κ3) is 3.32. The highest BCUT2D eigenvalue weighted by molar-refractivity contribution is 5.99. The van der Waals surface area contributed by atoms with E-state index in [1.54, 1.807) is 4.90 Å². The minimum atomic E-state index is -0.729. The molecule has 1 aliphatic heterocycles. The van der Waals surface area contributed by atoms with Crippen molar-refractivity contribution in [1.82, 2.24) is 10.2 Å². The first-order valence-electron chi connectivity index (χ1n) is 7.77. The van der Waals surface area contributed by atoms with Crippen LogP contribution in [-0.2, 0) is 14.3 Å². The van der Waals surface area contributed by atoms with Crippen molar-refractivity contribution < 1.29 is 14.3 Å². The predicted molar refractivity (Wildman–Crippen MR) is 78.4 cm³/mol. The molecule has 5 nitrogen and oxygen atoms in total. The van der Waals surface area contributed by atoms with Crippen molar-refractivity contribution in [2.45, 2.75) is 65.0 Å². The molecule has 0 saturated carbocycles. The minimum absolute atomic E-state index is 0.0358. The van der Waals surface area contributed by atoms with Crippen molar-refractivity contribution >= 4 is 11.8 Å². The molecule has 0 radical (unpaired) electrons. The Morgan fingerprint density at radius 3 is 2.30 bits per heavy atom. The standard InChI is InChI=1S/C15H28N2O3/c1-5-10-20-11-9-17-12(6-2)13(18)16-15(7-3,8-4)14(17)19/h12H,5-11H2,1-4H3,(H,16,18). The van der Waals surface area contributed by atoms with Gasteiger partial charge in [0.05, 0.1) is 6.61 Å². The van der Waals surface area contributed by atoms with E-state index in [0.29, 0.717) is 39.0 Å². The second kappa shape index (κ2) is 7.62. The van der Waals surface area contributed by atoms with E-state index in [-0.39, 0.29) is 17.9 Å². The van der Waals surface area contributed by atoms with Crippen LogP contribution in [-0.4, -0.2) is 48.1 Å². The summed E-state index contributed by atoms with van der Waals surface area (Å²) in [5.74, 6) is 0.000315. The van der Waals surface area contributed by atoms with Gasteiger partial charge in [-0.2, -0.15) is 0 Å². The summed E-state index contributed by atoms with van der Waals surface area (Å²) in [7, 11) is 0. The van der Waals surface area contributed by atoms with E-state index in [4.69, 9.17) is 4.74 Å². The fourth-order valence-corrected chi connectivity index (χ4v) is 2.73. The first kappa shape index (κ1) is 17.0. The molecule has 20 heavy (non-hydrogen) atoms. The quantitative estimate of drug-likeness (QED) is 0.690. The monoisotopic (exact) mass is 284 g/mol. The molecule has 0 spiro atoms. The molecule has 0 aromatic carbocycles. The van der Waals surface area contributed by atoms with Crippen LogP contribution in [0.1, 0.15) is 53.4 Å². The highest BCUT2D eigenvalue weighted by Gasteiger charge is 2.47. The van der Waals surface area contributed by atoms with E-state index in [9.17, 15) is 9.59 Å². The largest absolute Gasteiger partial charge is 0.380 e. The van der Waals surface area contributed by atoms with Gasteiger partial charge in [-0.1, -0.05) is 27.7 Å². The summed E-state index contributed by atoms with van der Waals surface area (Å²) in [5, 5.41) is 2.94. The van der Waals surface area contributed by atoms with E-state index < -0.39 is 5.54 Å². The molecule has 0 aliphatic carbocycles. The lowest BCUT2D eigenvalue weighted by Crippen LogP contribution is -2.70. The van der Waals surface area contributed by atoms with Crippen molar-refractivity contribution in [1.29, 1.82) is 0 Å². The van der Waals surface area contributed by atoms with E-state index in [1.165, 1.54) is 0 Å². The van der Waals surface area contributed by atoms with Gasteiger partial charge in [-0.15, -0.1) is 0 Å². The molecule has 0 aromatic rings. The Morgan fingerprint density at radius 2 is 1.80 bits per heavy atom. The molecular formula is C15H28N2O3. The highest BCUT2D eigenvalue weighted by Crippen LogP contribution is 2.25. The van der Waals surface area contributed by atoms with Crippen LogP contribution < -0.4 is 5.32 Å². The van der Waals surface area contributed by atoms with Crippen molar-refractivity contribution in [2.24, 2.45) is 0 Å². The lowest BCUT2D eigenvalue weighted by molar-refractivity contribution is -0.156. The van der Waals surface area contributed by atoms with Crippen LogP contribution in [0.4, 0.5) is 0 Å². The van der Waals surface area contributed by atoms with Crippen LogP contribution in [0.5, 0.6) is 0 Å². The fourth-order valence-electron chi connectivity index (χ4n) is 2.73. The maximum absolute atomic E-state index is 12.7. The number of nitrogens with one attached hydrogen (secondary N) is 1. The van der Waals surface area contributed by atoms with Gasteiger partial charge < -0.3 is 15.0 Å². The molecule has 1 heterocycles. The highest BCUT2D eigenvalue weighted by atomic mass is 16.5. The zero-order valence-electron chi connectivity index (χ0n) is 13.2. The normalized spacial score (nSPS) is 22.0. The van der Waals surface area contributed by atoms with E-state index >= 15 is 0 Å². The minimum Gasteiger partial charge on any atom is -0.380 e. The van der Waals surface area contributed by atoms with E-state index in [0.717, 1.165) is 6.42 Å². The number of nitrogens with zero attached hydrogens (tertiary/aromatic N) is 1. The molecule has 1 unspecified atom stereocenters. The van der Waals surface area contributed by atoms with Crippen LogP contribution in [0.3, 0.4) is 0 Å². The van der Waals surface area contributed by atoms with Crippen LogP contribution >= 0.6 is 0 Å². The van der Waals surface area contributed by atoms with E-state index in [1.807, 2.05) is 27.7 Å². The first-order chi connectivity index (χ1) is 9.56. The third-order valence-electron chi connectivity index (χ3n) is 4.13. The SMILES string of the molecule is CCCOCCN1C(=O)C(CC)(CC)NC(=O)C1CC. The van der Waals surface area contributed by atoms with Crippen LogP contribution in [0.25, 0.3) is 0 Å². The van der Waals surface area contributed by atoms with Gasteiger partial charge in [0, 0.05) is 13.2 Å². The lowest BCUT2D eigenvalue weighted by atomic mass is 9.86. The Kier molecular flexibility index (Phi) is 6.46. The van der Waals surface area contributed by atoms with Crippen molar-refractivity contribution in [3.8, 4) is 0 Å². The Bertz CT molecular complexity index is 340. The van der Waals surface area contributed by atoms with Gasteiger partial charge in [0.2, 0.25) is 11.8 Å². The van der Waals surface area contributed by atoms with Gasteiger partial charge in [-0.05, 0) is 25.7 Å². The molecule has 5 heteroatoms. The summed E-state index contributed by atoms with van der Waals surface area (Å²) < 4.78 is 5.47.